The first-order valence-electron chi connectivity index (χ1n) is 7.28. The van der Waals surface area contributed by atoms with Crippen LogP contribution in [0.3, 0.4) is 0 Å². The molecule has 2 atom stereocenters. The Morgan fingerprint density at radius 2 is 1.72 bits per heavy atom. The minimum Gasteiger partial charge on any atom is -0.386 e. The Kier molecular flexibility index (Phi) is 5.67. The molecule has 3 N–H and O–H groups in total. The van der Waals surface area contributed by atoms with E-state index in [0.717, 1.165) is 12.1 Å². The van der Waals surface area contributed by atoms with Crippen LogP contribution in [0.25, 0.3) is 0 Å². The number of amides is 2. The number of nitrogens with one attached hydrogen (secondary N) is 2. The highest BCUT2D eigenvalue weighted by Gasteiger charge is 2.20. The lowest BCUT2D eigenvalue weighted by Gasteiger charge is -2.21. The van der Waals surface area contributed by atoms with Gasteiger partial charge in [0.1, 0.15) is 11.5 Å². The van der Waals surface area contributed by atoms with E-state index in [4.69, 9.17) is 6.42 Å². The van der Waals surface area contributed by atoms with Crippen LogP contribution in [-0.2, 0) is 0 Å². The van der Waals surface area contributed by atoms with E-state index in [2.05, 4.69) is 11.2 Å². The van der Waals surface area contributed by atoms with Crippen molar-refractivity contribution in [2.24, 2.45) is 0 Å². The van der Waals surface area contributed by atoms with Crippen molar-refractivity contribution in [2.45, 2.75) is 19.1 Å². The van der Waals surface area contributed by atoms with E-state index in [-0.39, 0.29) is 5.56 Å². The summed E-state index contributed by atoms with van der Waals surface area (Å²) in [7, 11) is 0. The fourth-order valence-corrected chi connectivity index (χ4v) is 2.16. The maximum Gasteiger partial charge on any atom is 0.319 e. The van der Waals surface area contributed by atoms with Gasteiger partial charge in [-0.25, -0.2) is 18.0 Å². The molecule has 4 nitrogen and oxygen atoms in total. The fourth-order valence-electron chi connectivity index (χ4n) is 2.16. The monoisotopic (exact) mass is 348 g/mol. The van der Waals surface area contributed by atoms with E-state index >= 15 is 0 Å². The van der Waals surface area contributed by atoms with Crippen LogP contribution in [0, 0.1) is 29.8 Å². The molecule has 130 valence electrons. The standard InChI is InChI=1S/C18H15F3N2O2/c1-3-11-8-14(20)16(15(21)9-11)23-18(25)22-10(2)17(24)12-4-6-13(19)7-5-12/h1,4-10,17,24H,2H3,(H2,22,23,25). The first-order chi connectivity index (χ1) is 11.8. The Hall–Kier alpha value is -2.98. The summed E-state index contributed by atoms with van der Waals surface area (Å²) in [6.45, 7) is 1.49. The van der Waals surface area contributed by atoms with Crippen molar-refractivity contribution in [3.8, 4) is 12.3 Å². The van der Waals surface area contributed by atoms with Gasteiger partial charge in [0.2, 0.25) is 0 Å². The summed E-state index contributed by atoms with van der Waals surface area (Å²) in [6, 6.07) is 5.18. The molecule has 7 heteroatoms. The molecular weight excluding hydrogens is 333 g/mol. The second kappa shape index (κ2) is 7.73. The van der Waals surface area contributed by atoms with Crippen LogP contribution in [0.1, 0.15) is 24.2 Å². The van der Waals surface area contributed by atoms with Crippen LogP contribution in [0.4, 0.5) is 23.7 Å². The molecule has 2 amide bonds. The zero-order valence-corrected chi connectivity index (χ0v) is 13.2. The van der Waals surface area contributed by atoms with Crippen LogP contribution in [0.5, 0.6) is 0 Å². The Balaban J connectivity index is 2.05. The van der Waals surface area contributed by atoms with Gasteiger partial charge < -0.3 is 15.7 Å². The normalized spacial score (nSPS) is 12.8. The number of terminal acetylenes is 1. The van der Waals surface area contributed by atoms with Gasteiger partial charge in [-0.05, 0) is 36.8 Å². The molecule has 0 bridgehead atoms. The molecule has 25 heavy (non-hydrogen) atoms. The summed E-state index contributed by atoms with van der Waals surface area (Å²) >= 11 is 0. The van der Waals surface area contributed by atoms with Crippen molar-refractivity contribution in [1.82, 2.24) is 5.32 Å². The van der Waals surface area contributed by atoms with Crippen LogP contribution < -0.4 is 10.6 Å². The van der Waals surface area contributed by atoms with Gasteiger partial charge >= 0.3 is 6.03 Å². The van der Waals surface area contributed by atoms with E-state index in [1.165, 1.54) is 31.2 Å². The summed E-state index contributed by atoms with van der Waals surface area (Å²) < 4.78 is 40.5. The van der Waals surface area contributed by atoms with Crippen molar-refractivity contribution >= 4 is 11.7 Å². The Labute approximate surface area is 142 Å². The van der Waals surface area contributed by atoms with Gasteiger partial charge in [0.15, 0.2) is 11.6 Å². The number of aliphatic hydroxyl groups is 1. The highest BCUT2D eigenvalue weighted by Crippen LogP contribution is 2.21. The smallest absolute Gasteiger partial charge is 0.319 e. The molecule has 0 spiro atoms. The average Bonchev–Trinajstić information content (AvgIpc) is 2.57. The third-order valence-electron chi connectivity index (χ3n) is 3.49. The molecule has 0 saturated carbocycles. The highest BCUT2D eigenvalue weighted by molar-refractivity contribution is 5.89. The molecule has 0 aromatic heterocycles. The first-order valence-corrected chi connectivity index (χ1v) is 7.28. The van der Waals surface area contributed by atoms with Gasteiger partial charge in [0.25, 0.3) is 0 Å². The zero-order valence-electron chi connectivity index (χ0n) is 13.2. The number of hydrogen-bond acceptors (Lipinski definition) is 2. The number of carbonyl (C=O) groups is 1. The quantitative estimate of drug-likeness (QED) is 0.742. The Morgan fingerprint density at radius 1 is 1.16 bits per heavy atom. The third kappa shape index (κ3) is 4.52. The molecule has 2 rings (SSSR count). The molecule has 0 aliphatic heterocycles. The van der Waals surface area contributed by atoms with Gasteiger partial charge in [0.05, 0.1) is 12.1 Å². The summed E-state index contributed by atoms with van der Waals surface area (Å²) in [5, 5.41) is 14.5. The predicted octanol–water partition coefficient (Wildman–Crippen LogP) is 3.33. The second-order valence-corrected chi connectivity index (χ2v) is 5.34. The van der Waals surface area contributed by atoms with Crippen LogP contribution >= 0.6 is 0 Å². The topological polar surface area (TPSA) is 61.4 Å². The molecule has 0 saturated heterocycles. The molecule has 0 heterocycles. The predicted molar refractivity (Wildman–Crippen MR) is 87.3 cm³/mol. The van der Waals surface area contributed by atoms with Gasteiger partial charge in [-0.3, -0.25) is 0 Å². The van der Waals surface area contributed by atoms with Crippen LogP contribution in [-0.4, -0.2) is 17.2 Å². The lowest BCUT2D eigenvalue weighted by Crippen LogP contribution is -2.40. The van der Waals surface area contributed by atoms with Crippen LogP contribution in [0.2, 0.25) is 0 Å². The lowest BCUT2D eigenvalue weighted by atomic mass is 10.0. The largest absolute Gasteiger partial charge is 0.386 e. The molecule has 0 radical (unpaired) electrons. The summed E-state index contributed by atoms with van der Waals surface area (Å²) in [5.41, 5.74) is -0.272. The number of urea groups is 1. The lowest BCUT2D eigenvalue weighted by molar-refractivity contribution is 0.139. The van der Waals surface area contributed by atoms with E-state index in [0.29, 0.717) is 5.56 Å². The Morgan fingerprint density at radius 3 is 2.24 bits per heavy atom. The zero-order chi connectivity index (χ0) is 18.6. The molecular formula is C18H15F3N2O2. The fraction of sp³-hybridized carbons (Fsp3) is 0.167. The van der Waals surface area contributed by atoms with E-state index in [9.17, 15) is 23.1 Å². The van der Waals surface area contributed by atoms with Crippen molar-refractivity contribution in [3.63, 3.8) is 0 Å². The van der Waals surface area contributed by atoms with Gasteiger partial charge in [-0.1, -0.05) is 18.1 Å². The minimum atomic E-state index is -1.13. The van der Waals surface area contributed by atoms with Crippen LogP contribution in [0.15, 0.2) is 36.4 Å². The van der Waals surface area contributed by atoms with Crippen molar-refractivity contribution in [1.29, 1.82) is 0 Å². The van der Waals surface area contributed by atoms with E-state index < -0.39 is 41.3 Å². The number of halogens is 3. The van der Waals surface area contributed by atoms with Crippen molar-refractivity contribution in [2.75, 3.05) is 5.32 Å². The number of rotatable bonds is 4. The average molecular weight is 348 g/mol. The summed E-state index contributed by atoms with van der Waals surface area (Å²) in [5.74, 6) is -0.409. The molecule has 0 fully saturated rings. The number of hydrogen-bond donors (Lipinski definition) is 3. The second-order valence-electron chi connectivity index (χ2n) is 5.34. The maximum atomic E-state index is 13.8. The van der Waals surface area contributed by atoms with Crippen molar-refractivity contribution < 1.29 is 23.1 Å². The summed E-state index contributed by atoms with van der Waals surface area (Å²) in [4.78, 5) is 11.9. The Bertz CT molecular complexity index is 793. The number of anilines is 1. The van der Waals surface area contributed by atoms with Gasteiger partial charge in [0, 0.05) is 5.56 Å². The highest BCUT2D eigenvalue weighted by atomic mass is 19.1. The molecule has 0 aliphatic carbocycles. The summed E-state index contributed by atoms with van der Waals surface area (Å²) in [6.07, 6.45) is 3.93. The van der Waals surface area contributed by atoms with E-state index in [1.807, 2.05) is 5.32 Å². The number of carbonyl (C=O) groups excluding carboxylic acids is 1. The minimum absolute atomic E-state index is 0.000980. The number of benzene rings is 2. The molecule has 2 aromatic carbocycles. The SMILES string of the molecule is C#Cc1cc(F)c(NC(=O)NC(C)C(O)c2ccc(F)cc2)c(F)c1. The molecule has 2 unspecified atom stereocenters. The number of aliphatic hydroxyl groups excluding tert-OH is 1. The van der Waals surface area contributed by atoms with E-state index in [1.54, 1.807) is 0 Å². The van der Waals surface area contributed by atoms with Crippen molar-refractivity contribution in [3.05, 3.63) is 65.0 Å². The molecule has 0 aliphatic rings. The maximum absolute atomic E-state index is 13.8. The molecule has 2 aromatic rings. The van der Waals surface area contributed by atoms with Gasteiger partial charge in [-0.2, -0.15) is 0 Å². The first kappa shape index (κ1) is 18.4. The van der Waals surface area contributed by atoms with Gasteiger partial charge in [-0.15, -0.1) is 6.42 Å². The third-order valence-corrected chi connectivity index (χ3v) is 3.49.